The summed E-state index contributed by atoms with van der Waals surface area (Å²) in [6, 6.07) is 84.7. The number of rotatable bonds is 6. The van der Waals surface area contributed by atoms with Crippen LogP contribution in [-0.2, 0) is 5.41 Å². The summed E-state index contributed by atoms with van der Waals surface area (Å²) in [4.78, 5) is 5.15. The highest BCUT2D eigenvalue weighted by molar-refractivity contribution is 7.00. The molecule has 2 aliphatic rings. The van der Waals surface area contributed by atoms with Gasteiger partial charge in [-0.3, -0.25) is 0 Å². The molecule has 0 saturated carbocycles. The Balaban J connectivity index is 1.17. The van der Waals surface area contributed by atoms with Crippen LogP contribution in [-0.4, -0.2) is 6.71 Å². The number of anilines is 6. The lowest BCUT2D eigenvalue weighted by Gasteiger charge is -2.46. The van der Waals surface area contributed by atoms with E-state index < -0.39 is 0 Å². The van der Waals surface area contributed by atoms with Crippen molar-refractivity contribution in [1.29, 1.82) is 0 Å². The molecular weight excluding hydrogens is 824 g/mol. The first kappa shape index (κ1) is 40.0. The Morgan fingerprint density at radius 1 is 0.353 bits per heavy atom. The fourth-order valence-electron chi connectivity index (χ4n) is 11.0. The highest BCUT2D eigenvalue weighted by Gasteiger charge is 2.45. The predicted molar refractivity (Wildman–Crippen MR) is 288 cm³/mol. The van der Waals surface area contributed by atoms with Crippen LogP contribution >= 0.6 is 0 Å². The smallest absolute Gasteiger partial charge is 0.252 e. The van der Waals surface area contributed by atoms with Crippen LogP contribution in [0.2, 0.25) is 0 Å². The first-order valence-corrected chi connectivity index (χ1v) is 23.7. The molecule has 0 atom stereocenters. The van der Waals surface area contributed by atoms with E-state index in [1.165, 1.54) is 78.1 Å². The molecule has 0 bridgehead atoms. The Hall–Kier alpha value is -8.34. The third kappa shape index (κ3) is 6.36. The zero-order chi connectivity index (χ0) is 45.5. The van der Waals surface area contributed by atoms with Gasteiger partial charge in [0.25, 0.3) is 6.71 Å². The minimum Gasteiger partial charge on any atom is -0.456 e. The molecule has 2 aliphatic heterocycles. The molecule has 11 aromatic rings. The Morgan fingerprint density at radius 2 is 0.824 bits per heavy atom. The van der Waals surface area contributed by atoms with E-state index in [-0.39, 0.29) is 12.1 Å². The summed E-state index contributed by atoms with van der Waals surface area (Å²) in [5, 5.41) is 2.26. The standard InChI is InChI=1S/C64H47BN2O/c1-64(2,3)47-40-58-63-59(41-47)67(55-31-17-14-27-49(55)44-24-11-6-12-25-44)57-37-35-46(50-29-19-33-61-62(50)51-28-15-18-32-60(51)68-61)39-53(57)65(63)52-38-45(42-20-7-4-8-21-42)34-36-56(52)66(58)54-30-16-13-26-48(54)43-22-9-5-10-23-43/h4-41H,1-3H3. The number of fused-ring (bicyclic) bond motifs is 7. The summed E-state index contributed by atoms with van der Waals surface area (Å²) in [5.74, 6) is 0. The van der Waals surface area contributed by atoms with Crippen molar-refractivity contribution in [2.24, 2.45) is 0 Å². The zero-order valence-corrected chi connectivity index (χ0v) is 38.3. The molecule has 1 aromatic heterocycles. The van der Waals surface area contributed by atoms with Gasteiger partial charge in [-0.15, -0.1) is 0 Å². The van der Waals surface area contributed by atoms with Gasteiger partial charge < -0.3 is 14.2 Å². The molecule has 0 aliphatic carbocycles. The second-order valence-electron chi connectivity index (χ2n) is 19.2. The minimum absolute atomic E-state index is 0.108. The van der Waals surface area contributed by atoms with Crippen LogP contribution in [0.1, 0.15) is 26.3 Å². The molecule has 0 spiro atoms. The van der Waals surface area contributed by atoms with E-state index >= 15 is 0 Å². The van der Waals surface area contributed by atoms with Crippen LogP contribution < -0.4 is 26.2 Å². The average molecular weight is 871 g/mol. The molecule has 0 saturated heterocycles. The molecule has 0 fully saturated rings. The number of hydrogen-bond acceptors (Lipinski definition) is 3. The van der Waals surface area contributed by atoms with Crippen LogP contribution in [0.5, 0.6) is 0 Å². The summed E-state index contributed by atoms with van der Waals surface area (Å²) >= 11 is 0. The average Bonchev–Trinajstić information content (AvgIpc) is 3.78. The fourth-order valence-corrected chi connectivity index (χ4v) is 11.0. The molecule has 13 rings (SSSR count). The van der Waals surface area contributed by atoms with Gasteiger partial charge in [-0.2, -0.15) is 0 Å². The Bertz CT molecular complexity index is 3720. The Morgan fingerprint density at radius 3 is 1.41 bits per heavy atom. The van der Waals surface area contributed by atoms with E-state index in [0.717, 1.165) is 44.4 Å². The van der Waals surface area contributed by atoms with Crippen LogP contribution in [0.3, 0.4) is 0 Å². The summed E-state index contributed by atoms with van der Waals surface area (Å²) < 4.78 is 6.49. The van der Waals surface area contributed by atoms with Gasteiger partial charge in [0.15, 0.2) is 0 Å². The van der Waals surface area contributed by atoms with E-state index in [0.29, 0.717) is 0 Å². The molecule has 0 amide bonds. The molecule has 0 radical (unpaired) electrons. The molecular formula is C64H47BN2O. The molecule has 68 heavy (non-hydrogen) atoms. The number of benzene rings is 10. The normalized spacial score (nSPS) is 12.8. The highest BCUT2D eigenvalue weighted by Crippen LogP contribution is 2.50. The lowest BCUT2D eigenvalue weighted by Crippen LogP contribution is -2.61. The van der Waals surface area contributed by atoms with Crippen molar-refractivity contribution in [3.05, 3.63) is 236 Å². The van der Waals surface area contributed by atoms with Gasteiger partial charge >= 0.3 is 0 Å². The van der Waals surface area contributed by atoms with Crippen LogP contribution in [0.4, 0.5) is 34.1 Å². The Labute approximate surface area is 398 Å². The van der Waals surface area contributed by atoms with Crippen molar-refractivity contribution in [1.82, 2.24) is 0 Å². The number of furan rings is 1. The van der Waals surface area contributed by atoms with Crippen molar-refractivity contribution in [2.45, 2.75) is 26.2 Å². The summed E-state index contributed by atoms with van der Waals surface area (Å²) in [5.41, 5.74) is 23.2. The molecule has 10 aromatic carbocycles. The maximum absolute atomic E-state index is 6.49. The van der Waals surface area contributed by atoms with Crippen molar-refractivity contribution in [3.8, 4) is 44.5 Å². The van der Waals surface area contributed by atoms with E-state index in [4.69, 9.17) is 4.42 Å². The first-order valence-electron chi connectivity index (χ1n) is 23.7. The zero-order valence-electron chi connectivity index (χ0n) is 38.3. The summed E-state index contributed by atoms with van der Waals surface area (Å²) in [7, 11) is 0. The third-order valence-electron chi connectivity index (χ3n) is 14.2. The van der Waals surface area contributed by atoms with Gasteiger partial charge in [-0.1, -0.05) is 203 Å². The molecule has 3 nitrogen and oxygen atoms in total. The maximum atomic E-state index is 6.49. The van der Waals surface area contributed by atoms with Crippen molar-refractivity contribution < 1.29 is 4.42 Å². The van der Waals surface area contributed by atoms with Gasteiger partial charge in [0.1, 0.15) is 11.2 Å². The van der Waals surface area contributed by atoms with Gasteiger partial charge in [0, 0.05) is 44.6 Å². The van der Waals surface area contributed by atoms with Crippen molar-refractivity contribution in [3.63, 3.8) is 0 Å². The van der Waals surface area contributed by atoms with Crippen LogP contribution in [0.25, 0.3) is 66.4 Å². The van der Waals surface area contributed by atoms with Gasteiger partial charge in [0.05, 0.1) is 11.4 Å². The first-order chi connectivity index (χ1) is 33.4. The second kappa shape index (κ2) is 15.6. The van der Waals surface area contributed by atoms with E-state index in [1.54, 1.807) is 0 Å². The fraction of sp³-hybridized carbons (Fsp3) is 0.0625. The van der Waals surface area contributed by atoms with E-state index in [2.05, 4.69) is 261 Å². The lowest BCUT2D eigenvalue weighted by molar-refractivity contribution is 0.590. The van der Waals surface area contributed by atoms with Crippen molar-refractivity contribution in [2.75, 3.05) is 9.80 Å². The molecule has 0 N–H and O–H groups in total. The predicted octanol–water partition coefficient (Wildman–Crippen LogP) is 15.6. The molecule has 322 valence electrons. The number of hydrogen-bond donors (Lipinski definition) is 0. The Kier molecular flexibility index (Phi) is 9.20. The molecule has 4 heteroatoms. The third-order valence-corrected chi connectivity index (χ3v) is 14.2. The topological polar surface area (TPSA) is 19.6 Å². The lowest BCUT2D eigenvalue weighted by atomic mass is 9.33. The minimum atomic E-state index is -0.163. The summed E-state index contributed by atoms with van der Waals surface area (Å²) in [6.07, 6.45) is 0. The largest absolute Gasteiger partial charge is 0.456 e. The number of para-hydroxylation sites is 3. The highest BCUT2D eigenvalue weighted by atomic mass is 16.3. The maximum Gasteiger partial charge on any atom is 0.252 e. The van der Waals surface area contributed by atoms with Gasteiger partial charge in [-0.05, 0) is 109 Å². The van der Waals surface area contributed by atoms with Crippen molar-refractivity contribution >= 4 is 79.2 Å². The number of nitrogens with zero attached hydrogens (tertiary/aromatic N) is 2. The van der Waals surface area contributed by atoms with Crippen LogP contribution in [0.15, 0.2) is 235 Å². The second-order valence-corrected chi connectivity index (χ2v) is 19.2. The van der Waals surface area contributed by atoms with Gasteiger partial charge in [-0.25, -0.2) is 0 Å². The van der Waals surface area contributed by atoms with Crippen LogP contribution in [0, 0.1) is 0 Å². The molecule has 3 heterocycles. The monoisotopic (exact) mass is 870 g/mol. The van der Waals surface area contributed by atoms with Gasteiger partial charge in [0.2, 0.25) is 0 Å². The summed E-state index contributed by atoms with van der Waals surface area (Å²) in [6.45, 7) is 6.92. The molecule has 0 unspecified atom stereocenters. The SMILES string of the molecule is CC(C)(C)c1cc2c3c(c1)N(c1ccccc1-c1ccccc1)c1ccc(-c4cccc5oc6ccccc6c45)cc1B3c1cc(-c3ccccc3)ccc1N2c1ccccc1-c1ccccc1. The van der Waals surface area contributed by atoms with E-state index in [9.17, 15) is 0 Å². The van der Waals surface area contributed by atoms with E-state index in [1.807, 2.05) is 0 Å². The quantitative estimate of drug-likeness (QED) is 0.155.